The van der Waals surface area contributed by atoms with E-state index in [4.69, 9.17) is 15.6 Å². The van der Waals surface area contributed by atoms with Gasteiger partial charge in [-0.1, -0.05) is 6.92 Å². The number of ether oxygens (including phenoxy) is 1. The molecule has 0 amide bonds. The third-order valence-electron chi connectivity index (χ3n) is 1.19. The summed E-state index contributed by atoms with van der Waals surface area (Å²) in [5.41, 5.74) is 5.33. The van der Waals surface area contributed by atoms with Gasteiger partial charge < -0.3 is 15.6 Å². The quantitative estimate of drug-likeness (QED) is 0.540. The van der Waals surface area contributed by atoms with Crippen molar-refractivity contribution in [1.29, 1.82) is 0 Å². The van der Waals surface area contributed by atoms with E-state index in [9.17, 15) is 4.79 Å². The minimum atomic E-state index is -0.674. The molecule has 0 spiro atoms. The van der Waals surface area contributed by atoms with Gasteiger partial charge in [-0.3, -0.25) is 4.79 Å². The Morgan fingerprint density at radius 2 is 2.36 bits per heavy atom. The van der Waals surface area contributed by atoms with E-state index in [1.807, 2.05) is 6.92 Å². The van der Waals surface area contributed by atoms with Crippen molar-refractivity contribution in [3.8, 4) is 0 Å². The van der Waals surface area contributed by atoms with Gasteiger partial charge in [0.25, 0.3) is 0 Å². The van der Waals surface area contributed by atoms with Crippen LogP contribution in [0, 0.1) is 0 Å². The number of aliphatic hydroxyl groups excluding tert-OH is 1. The first-order valence-electron chi connectivity index (χ1n) is 3.75. The monoisotopic (exact) mass is 161 g/mol. The zero-order chi connectivity index (χ0) is 8.69. The first-order chi connectivity index (χ1) is 5.22. The topological polar surface area (TPSA) is 72.5 Å². The Hall–Kier alpha value is -0.610. The molecule has 3 N–H and O–H groups in total. The number of aliphatic hydroxyl groups is 1. The first kappa shape index (κ1) is 10.4. The fourth-order valence-electron chi connectivity index (χ4n) is 0.567. The van der Waals surface area contributed by atoms with E-state index in [0.717, 1.165) is 6.42 Å². The van der Waals surface area contributed by atoms with Crippen LogP contribution in [0.1, 0.15) is 19.8 Å². The van der Waals surface area contributed by atoms with E-state index in [-0.39, 0.29) is 13.0 Å². The summed E-state index contributed by atoms with van der Waals surface area (Å²) in [4.78, 5) is 10.8. The van der Waals surface area contributed by atoms with E-state index < -0.39 is 12.0 Å². The van der Waals surface area contributed by atoms with Crippen LogP contribution < -0.4 is 5.73 Å². The molecule has 4 nitrogen and oxygen atoms in total. The molecule has 11 heavy (non-hydrogen) atoms. The molecule has 0 bridgehead atoms. The number of carbonyl (C=O) groups is 1. The fourth-order valence-corrected chi connectivity index (χ4v) is 0.567. The van der Waals surface area contributed by atoms with E-state index in [1.165, 1.54) is 0 Å². The molecule has 0 aliphatic rings. The number of hydrogen-bond donors (Lipinski definition) is 2. The lowest BCUT2D eigenvalue weighted by Crippen LogP contribution is -2.33. The van der Waals surface area contributed by atoms with Crippen molar-refractivity contribution in [2.24, 2.45) is 5.73 Å². The summed E-state index contributed by atoms with van der Waals surface area (Å²) in [6.45, 7) is 2.23. The summed E-state index contributed by atoms with van der Waals surface area (Å²) in [6.07, 6.45) is 1.06. The van der Waals surface area contributed by atoms with Gasteiger partial charge >= 0.3 is 5.97 Å². The predicted octanol–water partition coefficient (Wildman–Crippen LogP) is -0.351. The lowest BCUT2D eigenvalue weighted by Gasteiger charge is -2.08. The number of hydrogen-bond acceptors (Lipinski definition) is 4. The second-order valence-corrected chi connectivity index (χ2v) is 2.29. The minimum Gasteiger partial charge on any atom is -0.465 e. The molecular formula is C7H15NO3. The summed E-state index contributed by atoms with van der Waals surface area (Å²) in [5, 5.41) is 8.42. The van der Waals surface area contributed by atoms with Crippen LogP contribution in [0.5, 0.6) is 0 Å². The van der Waals surface area contributed by atoms with Crippen molar-refractivity contribution in [3.05, 3.63) is 0 Å². The van der Waals surface area contributed by atoms with Gasteiger partial charge in [0.2, 0.25) is 0 Å². The molecule has 0 radical (unpaired) electrons. The third kappa shape index (κ3) is 4.75. The second kappa shape index (κ2) is 6.12. The molecule has 0 aliphatic carbocycles. The van der Waals surface area contributed by atoms with Crippen LogP contribution in [-0.2, 0) is 9.53 Å². The van der Waals surface area contributed by atoms with Crippen molar-refractivity contribution in [2.45, 2.75) is 25.8 Å². The summed E-state index contributed by atoms with van der Waals surface area (Å²) >= 11 is 0. The van der Waals surface area contributed by atoms with Crippen molar-refractivity contribution < 1.29 is 14.6 Å². The molecule has 4 heteroatoms. The highest BCUT2D eigenvalue weighted by Crippen LogP contribution is 1.91. The molecule has 0 aliphatic heterocycles. The number of nitrogens with two attached hydrogens (primary N) is 1. The van der Waals surface area contributed by atoms with Crippen molar-refractivity contribution in [2.75, 3.05) is 13.2 Å². The van der Waals surface area contributed by atoms with Crippen LogP contribution >= 0.6 is 0 Å². The Morgan fingerprint density at radius 3 is 2.82 bits per heavy atom. The summed E-state index contributed by atoms with van der Waals surface area (Å²) in [7, 11) is 0. The lowest BCUT2D eigenvalue weighted by atomic mass is 10.2. The minimum absolute atomic E-state index is 0.0810. The summed E-state index contributed by atoms with van der Waals surface area (Å²) < 4.78 is 4.73. The molecule has 0 saturated carbocycles. The SMILES string of the molecule is CCCOC(=O)[C@H](N)CCO. The van der Waals surface area contributed by atoms with E-state index in [0.29, 0.717) is 6.61 Å². The van der Waals surface area contributed by atoms with Gasteiger partial charge in [-0.15, -0.1) is 0 Å². The summed E-state index contributed by atoms with van der Waals surface area (Å²) in [5.74, 6) is -0.430. The maximum Gasteiger partial charge on any atom is 0.322 e. The van der Waals surface area contributed by atoms with Crippen LogP contribution in [0.3, 0.4) is 0 Å². The van der Waals surface area contributed by atoms with Crippen molar-refractivity contribution >= 4 is 5.97 Å². The Kier molecular flexibility index (Phi) is 5.78. The zero-order valence-electron chi connectivity index (χ0n) is 6.75. The molecule has 0 aromatic rings. The molecule has 0 unspecified atom stereocenters. The molecule has 0 rings (SSSR count). The average molecular weight is 161 g/mol. The first-order valence-corrected chi connectivity index (χ1v) is 3.75. The van der Waals surface area contributed by atoms with Gasteiger partial charge in [0.15, 0.2) is 0 Å². The third-order valence-corrected chi connectivity index (χ3v) is 1.19. The van der Waals surface area contributed by atoms with Crippen LogP contribution in [0.15, 0.2) is 0 Å². The second-order valence-electron chi connectivity index (χ2n) is 2.29. The van der Waals surface area contributed by atoms with Crippen molar-refractivity contribution in [1.82, 2.24) is 0 Å². The molecule has 0 fully saturated rings. The standard InChI is InChI=1S/C7H15NO3/c1-2-5-11-7(10)6(8)3-4-9/h6,9H,2-5,8H2,1H3/t6-/m1/s1. The van der Waals surface area contributed by atoms with Crippen LogP contribution in [0.25, 0.3) is 0 Å². The van der Waals surface area contributed by atoms with E-state index in [2.05, 4.69) is 0 Å². The number of carbonyl (C=O) groups excluding carboxylic acids is 1. The Balaban J connectivity index is 3.47. The van der Waals surface area contributed by atoms with E-state index in [1.54, 1.807) is 0 Å². The molecular weight excluding hydrogens is 146 g/mol. The van der Waals surface area contributed by atoms with Crippen LogP contribution in [0.4, 0.5) is 0 Å². The molecule has 66 valence electrons. The Bertz CT molecular complexity index is 116. The highest BCUT2D eigenvalue weighted by molar-refractivity contribution is 5.75. The lowest BCUT2D eigenvalue weighted by molar-refractivity contribution is -0.145. The smallest absolute Gasteiger partial charge is 0.322 e. The molecule has 0 aromatic heterocycles. The molecule has 0 saturated heterocycles. The number of rotatable bonds is 5. The fraction of sp³-hybridized carbons (Fsp3) is 0.857. The number of esters is 1. The van der Waals surface area contributed by atoms with Gasteiger partial charge in [0, 0.05) is 6.61 Å². The highest BCUT2D eigenvalue weighted by Gasteiger charge is 2.12. The maximum atomic E-state index is 10.8. The normalized spacial score (nSPS) is 12.6. The Morgan fingerprint density at radius 1 is 1.73 bits per heavy atom. The van der Waals surface area contributed by atoms with Crippen molar-refractivity contribution in [3.63, 3.8) is 0 Å². The average Bonchev–Trinajstić information content (AvgIpc) is 2.00. The van der Waals surface area contributed by atoms with Crippen LogP contribution in [0.2, 0.25) is 0 Å². The highest BCUT2D eigenvalue weighted by atomic mass is 16.5. The van der Waals surface area contributed by atoms with Gasteiger partial charge in [0.1, 0.15) is 6.04 Å². The van der Waals surface area contributed by atoms with Gasteiger partial charge in [-0.25, -0.2) is 0 Å². The van der Waals surface area contributed by atoms with Crippen LogP contribution in [-0.4, -0.2) is 30.3 Å². The predicted molar refractivity (Wildman–Crippen MR) is 40.9 cm³/mol. The van der Waals surface area contributed by atoms with Gasteiger partial charge in [0.05, 0.1) is 6.61 Å². The largest absolute Gasteiger partial charge is 0.465 e. The Labute approximate surface area is 66.3 Å². The maximum absolute atomic E-state index is 10.8. The summed E-state index contributed by atoms with van der Waals surface area (Å²) in [6, 6.07) is -0.674. The zero-order valence-corrected chi connectivity index (χ0v) is 6.75. The molecule has 0 heterocycles. The van der Waals surface area contributed by atoms with Gasteiger partial charge in [-0.2, -0.15) is 0 Å². The van der Waals surface area contributed by atoms with E-state index >= 15 is 0 Å². The van der Waals surface area contributed by atoms with Gasteiger partial charge in [-0.05, 0) is 12.8 Å². The molecule has 0 aromatic carbocycles. The molecule has 1 atom stereocenters.